The number of ether oxygens (including phenoxy) is 1. The molecule has 1 saturated heterocycles. The predicted molar refractivity (Wildman–Crippen MR) is 137 cm³/mol. The molecule has 0 spiro atoms. The third kappa shape index (κ3) is 4.48. The minimum absolute atomic E-state index is 0.200. The largest absolute Gasteiger partial charge is 0.494 e. The highest BCUT2D eigenvalue weighted by atomic mass is 32.1. The van der Waals surface area contributed by atoms with Gasteiger partial charge in [-0.2, -0.15) is 0 Å². The van der Waals surface area contributed by atoms with Crippen molar-refractivity contribution in [1.82, 2.24) is 10.3 Å². The number of benzene rings is 2. The van der Waals surface area contributed by atoms with Gasteiger partial charge in [-0.3, -0.25) is 4.98 Å². The summed E-state index contributed by atoms with van der Waals surface area (Å²) in [6, 6.07) is 23.4. The SMILES string of the molecule is CCOc1ccc(N2C(=S)N[C@@H](c3ccccn3)[C@H]2c2ccc(-c3cccc(C(=O)O)c3)o2)cc1. The summed E-state index contributed by atoms with van der Waals surface area (Å²) in [5.41, 5.74) is 2.61. The minimum atomic E-state index is -0.985. The first-order valence-corrected chi connectivity index (χ1v) is 11.6. The van der Waals surface area contributed by atoms with Crippen molar-refractivity contribution in [1.29, 1.82) is 0 Å². The molecule has 1 aliphatic rings. The van der Waals surface area contributed by atoms with Crippen molar-refractivity contribution in [2.45, 2.75) is 19.0 Å². The highest BCUT2D eigenvalue weighted by Gasteiger charge is 2.42. The van der Waals surface area contributed by atoms with E-state index in [2.05, 4.69) is 10.3 Å². The molecule has 0 bridgehead atoms. The summed E-state index contributed by atoms with van der Waals surface area (Å²) in [6.07, 6.45) is 1.75. The summed E-state index contributed by atoms with van der Waals surface area (Å²) < 4.78 is 11.9. The number of pyridine rings is 1. The van der Waals surface area contributed by atoms with E-state index in [4.69, 9.17) is 21.4 Å². The van der Waals surface area contributed by atoms with Gasteiger partial charge >= 0.3 is 5.97 Å². The predicted octanol–water partition coefficient (Wildman–Crippen LogP) is 5.62. The highest BCUT2D eigenvalue weighted by molar-refractivity contribution is 7.80. The quantitative estimate of drug-likeness (QED) is 0.326. The second-order valence-corrected chi connectivity index (χ2v) is 8.40. The first kappa shape index (κ1) is 22.6. The number of anilines is 1. The van der Waals surface area contributed by atoms with Crippen molar-refractivity contribution in [3.63, 3.8) is 0 Å². The molecule has 176 valence electrons. The average molecular weight is 486 g/mol. The van der Waals surface area contributed by atoms with Crippen LogP contribution in [-0.2, 0) is 0 Å². The number of carboxylic acids is 1. The molecule has 8 heteroatoms. The summed E-state index contributed by atoms with van der Waals surface area (Å²) in [5.74, 6) is 1.05. The molecule has 1 aliphatic heterocycles. The maximum atomic E-state index is 11.4. The molecule has 0 aliphatic carbocycles. The van der Waals surface area contributed by atoms with E-state index in [1.165, 1.54) is 0 Å². The number of furan rings is 1. The van der Waals surface area contributed by atoms with Crippen molar-refractivity contribution in [3.8, 4) is 17.1 Å². The fourth-order valence-corrected chi connectivity index (χ4v) is 4.61. The Bertz CT molecular complexity index is 1350. The Morgan fingerprint density at radius 1 is 1.11 bits per heavy atom. The van der Waals surface area contributed by atoms with Crippen LogP contribution in [0.1, 0.15) is 40.8 Å². The number of thiocarbonyl (C=S) groups is 1. The number of hydrogen-bond donors (Lipinski definition) is 2. The number of nitrogens with zero attached hydrogens (tertiary/aromatic N) is 2. The van der Waals surface area contributed by atoms with Gasteiger partial charge in [-0.1, -0.05) is 18.2 Å². The molecule has 7 nitrogen and oxygen atoms in total. The third-order valence-corrected chi connectivity index (χ3v) is 6.15. The third-order valence-electron chi connectivity index (χ3n) is 5.84. The van der Waals surface area contributed by atoms with Crippen LogP contribution in [0, 0.1) is 0 Å². The van der Waals surface area contributed by atoms with Crippen molar-refractivity contribution < 1.29 is 19.1 Å². The molecule has 0 radical (unpaired) electrons. The van der Waals surface area contributed by atoms with Gasteiger partial charge < -0.3 is 24.5 Å². The Hall–Kier alpha value is -4.17. The average Bonchev–Trinajstić information content (AvgIpc) is 3.50. The summed E-state index contributed by atoms with van der Waals surface area (Å²) in [6.45, 7) is 2.53. The van der Waals surface area contributed by atoms with Crippen LogP contribution in [0.15, 0.2) is 89.5 Å². The summed E-state index contributed by atoms with van der Waals surface area (Å²) in [7, 11) is 0. The molecule has 3 heterocycles. The number of carboxylic acid groups (broad SMARTS) is 1. The van der Waals surface area contributed by atoms with Crippen molar-refractivity contribution in [3.05, 3.63) is 102 Å². The summed E-state index contributed by atoms with van der Waals surface area (Å²) >= 11 is 5.76. The zero-order chi connectivity index (χ0) is 24.4. The molecule has 2 aromatic heterocycles. The van der Waals surface area contributed by atoms with Crippen LogP contribution in [0.5, 0.6) is 5.75 Å². The zero-order valence-corrected chi connectivity index (χ0v) is 19.7. The van der Waals surface area contributed by atoms with Crippen LogP contribution in [-0.4, -0.2) is 27.8 Å². The Morgan fingerprint density at radius 3 is 2.66 bits per heavy atom. The molecule has 35 heavy (non-hydrogen) atoms. The van der Waals surface area contributed by atoms with E-state index in [0.717, 1.165) is 17.1 Å². The molecule has 5 rings (SSSR count). The first-order valence-electron chi connectivity index (χ1n) is 11.2. The van der Waals surface area contributed by atoms with Crippen molar-refractivity contribution in [2.24, 2.45) is 0 Å². The molecule has 1 fully saturated rings. The normalized spacial score (nSPS) is 17.3. The van der Waals surface area contributed by atoms with Gasteiger partial charge in [0.05, 0.1) is 23.9 Å². The first-order chi connectivity index (χ1) is 17.0. The van der Waals surface area contributed by atoms with E-state index in [1.54, 1.807) is 24.4 Å². The van der Waals surface area contributed by atoms with Gasteiger partial charge in [-0.25, -0.2) is 4.79 Å². The lowest BCUT2D eigenvalue weighted by molar-refractivity contribution is 0.0697. The van der Waals surface area contributed by atoms with Gasteiger partial charge in [0.1, 0.15) is 23.3 Å². The Labute approximate surface area is 208 Å². The van der Waals surface area contributed by atoms with Crippen LogP contribution in [0.3, 0.4) is 0 Å². The van der Waals surface area contributed by atoms with E-state index < -0.39 is 5.97 Å². The summed E-state index contributed by atoms with van der Waals surface area (Å²) in [5, 5.41) is 13.3. The van der Waals surface area contributed by atoms with E-state index in [1.807, 2.05) is 72.5 Å². The van der Waals surface area contributed by atoms with Gasteiger partial charge in [0.25, 0.3) is 0 Å². The van der Waals surface area contributed by atoms with Crippen LogP contribution in [0.4, 0.5) is 5.69 Å². The monoisotopic (exact) mass is 485 g/mol. The molecular weight excluding hydrogens is 462 g/mol. The molecule has 2 atom stereocenters. The number of rotatable bonds is 7. The van der Waals surface area contributed by atoms with Crippen LogP contribution in [0.25, 0.3) is 11.3 Å². The number of hydrogen-bond acceptors (Lipinski definition) is 5. The van der Waals surface area contributed by atoms with Gasteiger partial charge in [0.2, 0.25) is 0 Å². The van der Waals surface area contributed by atoms with Crippen LogP contribution >= 0.6 is 12.2 Å². The lowest BCUT2D eigenvalue weighted by Crippen LogP contribution is -2.29. The lowest BCUT2D eigenvalue weighted by atomic mass is 10.0. The number of carbonyl (C=O) groups is 1. The Balaban J connectivity index is 1.56. The highest BCUT2D eigenvalue weighted by Crippen LogP contribution is 2.43. The molecule has 4 aromatic rings. The summed E-state index contributed by atoms with van der Waals surface area (Å²) in [4.78, 5) is 18.0. The smallest absolute Gasteiger partial charge is 0.335 e. The maximum absolute atomic E-state index is 11.4. The van der Waals surface area contributed by atoms with E-state index in [9.17, 15) is 9.90 Å². The molecular formula is C27H23N3O4S. The van der Waals surface area contributed by atoms with E-state index in [-0.39, 0.29) is 17.6 Å². The fourth-order valence-electron chi connectivity index (χ4n) is 4.26. The molecule has 0 amide bonds. The lowest BCUT2D eigenvalue weighted by Gasteiger charge is -2.26. The van der Waals surface area contributed by atoms with Gasteiger partial charge in [0.15, 0.2) is 5.11 Å². The Morgan fingerprint density at radius 2 is 1.94 bits per heavy atom. The standard InChI is InChI=1S/C27H23N3O4S/c1-2-33-20-11-9-19(10-12-20)30-25(24(29-27(30)35)21-8-3-4-15-28-21)23-14-13-22(34-23)17-6-5-7-18(16-17)26(31)32/h3-16,24-25H,2H2,1H3,(H,29,35)(H,31,32)/t24-,25+/m0/s1. The fraction of sp³-hybridized carbons (Fsp3) is 0.148. The number of nitrogens with one attached hydrogen (secondary N) is 1. The second kappa shape index (κ2) is 9.60. The van der Waals surface area contributed by atoms with Gasteiger partial charge in [0, 0.05) is 17.4 Å². The van der Waals surface area contributed by atoms with Gasteiger partial charge in [-0.05, 0) is 79.8 Å². The maximum Gasteiger partial charge on any atom is 0.335 e. The molecule has 0 saturated carbocycles. The zero-order valence-electron chi connectivity index (χ0n) is 18.9. The van der Waals surface area contributed by atoms with Crippen LogP contribution in [0.2, 0.25) is 0 Å². The molecule has 2 aromatic carbocycles. The second-order valence-electron chi connectivity index (χ2n) is 8.01. The Kier molecular flexibility index (Phi) is 6.20. The molecule has 0 unspecified atom stereocenters. The van der Waals surface area contributed by atoms with Crippen molar-refractivity contribution in [2.75, 3.05) is 11.5 Å². The van der Waals surface area contributed by atoms with Gasteiger partial charge in [-0.15, -0.1) is 0 Å². The number of aromatic carboxylic acids is 1. The van der Waals surface area contributed by atoms with E-state index >= 15 is 0 Å². The number of aromatic nitrogens is 1. The topological polar surface area (TPSA) is 87.8 Å². The minimum Gasteiger partial charge on any atom is -0.494 e. The van der Waals surface area contributed by atoms with E-state index in [0.29, 0.717) is 28.8 Å². The van der Waals surface area contributed by atoms with Crippen molar-refractivity contribution >= 4 is 29.0 Å². The molecule has 2 N–H and O–H groups in total. The van der Waals surface area contributed by atoms with Crippen LogP contribution < -0.4 is 15.0 Å².